The summed E-state index contributed by atoms with van der Waals surface area (Å²) in [6, 6.07) is 13.7. The summed E-state index contributed by atoms with van der Waals surface area (Å²) < 4.78 is 5.97. The van der Waals surface area contributed by atoms with E-state index in [0.29, 0.717) is 24.1 Å². The number of aromatic amines is 1. The first-order chi connectivity index (χ1) is 21.0. The van der Waals surface area contributed by atoms with Crippen LogP contribution in [0.25, 0.3) is 10.9 Å². The highest BCUT2D eigenvalue weighted by molar-refractivity contribution is 6.31. The van der Waals surface area contributed by atoms with Crippen LogP contribution in [0.2, 0.25) is 5.02 Å². The minimum Gasteiger partial charge on any atom is -0.494 e. The van der Waals surface area contributed by atoms with Crippen molar-refractivity contribution in [2.75, 3.05) is 13.2 Å². The van der Waals surface area contributed by atoms with Gasteiger partial charge in [0.05, 0.1) is 12.6 Å². The molecule has 1 aromatic heterocycles. The van der Waals surface area contributed by atoms with Crippen LogP contribution >= 0.6 is 11.6 Å². The smallest absolute Gasteiger partial charge is 0.322 e. The Labute approximate surface area is 267 Å². The lowest BCUT2D eigenvalue weighted by atomic mass is 9.92. The second kappa shape index (κ2) is 23.3. The van der Waals surface area contributed by atoms with Gasteiger partial charge in [-0.3, -0.25) is 0 Å². The molecule has 0 spiro atoms. The van der Waals surface area contributed by atoms with Crippen LogP contribution < -0.4 is 10.1 Å². The number of urea groups is 1. The van der Waals surface area contributed by atoms with Gasteiger partial charge in [-0.05, 0) is 73.2 Å². The van der Waals surface area contributed by atoms with E-state index in [4.69, 9.17) is 16.3 Å². The SMILES string of the molecule is C/C=C/C=C/NC(=O)N1CCc2c([nH]c3ccc(Cl)cc23)C1c1ccc(OCCC(C)CC)cc1.CC.CC.CC.CC. The quantitative estimate of drug-likeness (QED) is 0.249. The van der Waals surface area contributed by atoms with E-state index in [-0.39, 0.29) is 12.1 Å². The third kappa shape index (κ3) is 11.8. The zero-order chi connectivity index (χ0) is 32.8. The number of amides is 2. The van der Waals surface area contributed by atoms with Crippen LogP contribution in [0.4, 0.5) is 4.79 Å². The zero-order valence-corrected chi connectivity index (χ0v) is 29.4. The molecule has 6 heteroatoms. The van der Waals surface area contributed by atoms with E-state index in [1.807, 2.05) is 116 Å². The molecule has 0 fully saturated rings. The zero-order valence-electron chi connectivity index (χ0n) is 28.7. The van der Waals surface area contributed by atoms with E-state index in [1.165, 1.54) is 5.56 Å². The fourth-order valence-electron chi connectivity index (χ4n) is 4.52. The minimum atomic E-state index is -0.241. The van der Waals surface area contributed by atoms with Gasteiger partial charge in [0.15, 0.2) is 0 Å². The highest BCUT2D eigenvalue weighted by Gasteiger charge is 2.34. The molecule has 5 nitrogen and oxygen atoms in total. The number of carbonyl (C=O) groups is 1. The topological polar surface area (TPSA) is 57.4 Å². The van der Waals surface area contributed by atoms with Crippen molar-refractivity contribution in [3.8, 4) is 5.75 Å². The number of halogens is 1. The molecule has 2 amide bonds. The van der Waals surface area contributed by atoms with Crippen LogP contribution in [0.1, 0.15) is 112 Å². The molecule has 240 valence electrons. The standard InChI is InChI=1S/C29H34ClN3O2.4C2H6/c1-4-6-7-16-31-29(34)33-17-14-24-25-19-22(30)10-13-26(25)32-27(24)28(33)21-8-11-23(12-9-21)35-18-15-20(3)5-2;4*1-2/h4,6-13,16,19-20,28,32H,5,14-15,17-18H2,1-3H3,(H,31,34);4*1-2H3/b6-4+,16-7+;;;;. The average molecular weight is 612 g/mol. The molecule has 2 N–H and O–H groups in total. The fraction of sp³-hybridized carbons (Fsp3) is 0.486. The van der Waals surface area contributed by atoms with Gasteiger partial charge in [-0.1, -0.05) is 112 Å². The van der Waals surface area contributed by atoms with Gasteiger partial charge in [0, 0.05) is 34.4 Å². The van der Waals surface area contributed by atoms with Crippen molar-refractivity contribution in [1.82, 2.24) is 15.2 Å². The van der Waals surface area contributed by atoms with Crippen LogP contribution in [0.15, 0.2) is 66.9 Å². The predicted octanol–water partition coefficient (Wildman–Crippen LogP) is 11.5. The highest BCUT2D eigenvalue weighted by atomic mass is 35.5. The lowest BCUT2D eigenvalue weighted by Gasteiger charge is -2.36. The summed E-state index contributed by atoms with van der Waals surface area (Å²) in [5.41, 5.74) is 4.32. The van der Waals surface area contributed by atoms with E-state index in [9.17, 15) is 4.79 Å². The van der Waals surface area contributed by atoms with E-state index >= 15 is 0 Å². The number of allylic oxidation sites excluding steroid dienone is 3. The molecule has 3 aromatic rings. The van der Waals surface area contributed by atoms with Gasteiger partial charge in [-0.15, -0.1) is 0 Å². The number of fused-ring (bicyclic) bond motifs is 3. The summed E-state index contributed by atoms with van der Waals surface area (Å²) >= 11 is 6.31. The maximum Gasteiger partial charge on any atom is 0.322 e. The number of nitrogens with one attached hydrogen (secondary N) is 2. The molecule has 0 saturated carbocycles. The van der Waals surface area contributed by atoms with Crippen molar-refractivity contribution in [2.24, 2.45) is 5.92 Å². The Bertz CT molecular complexity index is 1210. The van der Waals surface area contributed by atoms with Gasteiger partial charge in [-0.2, -0.15) is 0 Å². The Morgan fingerprint density at radius 3 is 2.30 bits per heavy atom. The number of aromatic nitrogens is 1. The number of benzene rings is 2. The van der Waals surface area contributed by atoms with E-state index in [2.05, 4.69) is 36.3 Å². The molecule has 0 radical (unpaired) electrons. The number of nitrogens with zero attached hydrogens (tertiary/aromatic N) is 1. The van der Waals surface area contributed by atoms with E-state index < -0.39 is 0 Å². The largest absolute Gasteiger partial charge is 0.494 e. The average Bonchev–Trinajstić information content (AvgIpc) is 3.44. The number of H-pyrrole nitrogens is 1. The Balaban J connectivity index is 0.00000204. The number of rotatable bonds is 8. The molecule has 2 atom stereocenters. The molecular formula is C37H58ClN3O2. The summed E-state index contributed by atoms with van der Waals surface area (Å²) in [6.07, 6.45) is 10.2. The molecular weight excluding hydrogens is 554 g/mol. The van der Waals surface area contributed by atoms with Crippen LogP contribution in [0.5, 0.6) is 5.75 Å². The van der Waals surface area contributed by atoms with Crippen molar-refractivity contribution in [2.45, 2.75) is 101 Å². The lowest BCUT2D eigenvalue weighted by Crippen LogP contribution is -2.44. The van der Waals surface area contributed by atoms with Crippen molar-refractivity contribution in [3.05, 3.63) is 88.7 Å². The normalized spacial score (nSPS) is 14.1. The molecule has 2 aromatic carbocycles. The van der Waals surface area contributed by atoms with Crippen molar-refractivity contribution in [3.63, 3.8) is 0 Å². The second-order valence-electron chi connectivity index (χ2n) is 9.11. The van der Waals surface area contributed by atoms with E-state index in [1.54, 1.807) is 6.20 Å². The molecule has 4 rings (SSSR count). The van der Waals surface area contributed by atoms with Gasteiger partial charge in [0.25, 0.3) is 0 Å². The Kier molecular flexibility index (Phi) is 21.6. The second-order valence-corrected chi connectivity index (χ2v) is 9.54. The van der Waals surface area contributed by atoms with E-state index in [0.717, 1.165) is 47.2 Å². The molecule has 1 aliphatic heterocycles. The minimum absolute atomic E-state index is 0.132. The summed E-state index contributed by atoms with van der Waals surface area (Å²) in [7, 11) is 0. The summed E-state index contributed by atoms with van der Waals surface area (Å²) in [4.78, 5) is 18.7. The fourth-order valence-corrected chi connectivity index (χ4v) is 4.70. The van der Waals surface area contributed by atoms with Crippen molar-refractivity contribution >= 4 is 28.5 Å². The predicted molar refractivity (Wildman–Crippen MR) is 189 cm³/mol. The Morgan fingerprint density at radius 2 is 1.70 bits per heavy atom. The number of hydrogen-bond acceptors (Lipinski definition) is 2. The summed E-state index contributed by atoms with van der Waals surface area (Å²) in [6.45, 7) is 23.7. The van der Waals surface area contributed by atoms with Gasteiger partial charge in [0.2, 0.25) is 0 Å². The molecule has 2 unspecified atom stereocenters. The summed E-state index contributed by atoms with van der Waals surface area (Å²) in [5, 5.41) is 4.74. The third-order valence-electron chi connectivity index (χ3n) is 6.73. The molecule has 0 saturated heterocycles. The Morgan fingerprint density at radius 1 is 1.05 bits per heavy atom. The monoisotopic (exact) mass is 611 g/mol. The summed E-state index contributed by atoms with van der Waals surface area (Å²) in [5.74, 6) is 1.50. The van der Waals surface area contributed by atoms with Gasteiger partial charge >= 0.3 is 6.03 Å². The van der Waals surface area contributed by atoms with Gasteiger partial charge in [0.1, 0.15) is 5.75 Å². The first-order valence-electron chi connectivity index (χ1n) is 16.4. The van der Waals surface area contributed by atoms with Gasteiger partial charge in [-0.25, -0.2) is 4.79 Å². The van der Waals surface area contributed by atoms with Crippen LogP contribution in [-0.2, 0) is 6.42 Å². The molecule has 0 bridgehead atoms. The maximum absolute atomic E-state index is 13.2. The molecule has 1 aliphatic rings. The van der Waals surface area contributed by atoms with Crippen LogP contribution in [0, 0.1) is 5.92 Å². The number of carbonyl (C=O) groups excluding carboxylic acids is 1. The molecule has 2 heterocycles. The van der Waals surface area contributed by atoms with Crippen LogP contribution in [0.3, 0.4) is 0 Å². The maximum atomic E-state index is 13.2. The molecule has 0 aliphatic carbocycles. The first kappa shape index (κ1) is 39.8. The third-order valence-corrected chi connectivity index (χ3v) is 6.96. The number of ether oxygens (including phenoxy) is 1. The van der Waals surface area contributed by atoms with Crippen LogP contribution in [-0.4, -0.2) is 29.1 Å². The van der Waals surface area contributed by atoms with Crippen molar-refractivity contribution in [1.29, 1.82) is 0 Å². The van der Waals surface area contributed by atoms with Gasteiger partial charge < -0.3 is 19.9 Å². The first-order valence-corrected chi connectivity index (χ1v) is 16.8. The number of hydrogen-bond donors (Lipinski definition) is 2. The lowest BCUT2D eigenvalue weighted by molar-refractivity contribution is 0.183. The Hall–Kier alpha value is -3.18. The molecule has 43 heavy (non-hydrogen) atoms. The highest BCUT2D eigenvalue weighted by Crippen LogP contribution is 2.39. The van der Waals surface area contributed by atoms with Crippen molar-refractivity contribution < 1.29 is 9.53 Å².